The Kier molecular flexibility index (Phi) is 4.62. The molecule has 20 heavy (non-hydrogen) atoms. The number of aliphatic hydroxyl groups excluding tert-OH is 2. The molecule has 1 fully saturated rings. The molecule has 2 N–H and O–H groups in total. The van der Waals surface area contributed by atoms with Crippen LogP contribution in [-0.2, 0) is 11.4 Å². The number of piperidine rings is 1. The summed E-state index contributed by atoms with van der Waals surface area (Å²) in [4.78, 5) is 13.5. The Hall–Kier alpha value is -1.17. The van der Waals surface area contributed by atoms with Crippen molar-refractivity contribution in [2.75, 3.05) is 6.54 Å². The lowest BCUT2D eigenvalue weighted by Crippen LogP contribution is -2.45. The van der Waals surface area contributed by atoms with Crippen LogP contribution in [0.3, 0.4) is 0 Å². The number of halogens is 2. The molecule has 0 radical (unpaired) electrons. The molecule has 2 atom stereocenters. The summed E-state index contributed by atoms with van der Waals surface area (Å²) in [5.74, 6) is -0.882. The second-order valence-electron chi connectivity index (χ2n) is 4.98. The van der Waals surface area contributed by atoms with Gasteiger partial charge in [0.25, 0.3) is 5.91 Å². The van der Waals surface area contributed by atoms with Gasteiger partial charge >= 0.3 is 0 Å². The van der Waals surface area contributed by atoms with Gasteiger partial charge in [-0.05, 0) is 37.5 Å². The molecule has 1 heterocycles. The normalized spacial score (nSPS) is 21.1. The lowest BCUT2D eigenvalue weighted by Gasteiger charge is -2.35. The second kappa shape index (κ2) is 6.08. The third kappa shape index (κ3) is 2.80. The van der Waals surface area contributed by atoms with E-state index in [1.165, 1.54) is 11.0 Å². The summed E-state index contributed by atoms with van der Waals surface area (Å²) in [7, 11) is 0. The molecule has 0 spiro atoms. The van der Waals surface area contributed by atoms with Gasteiger partial charge in [-0.1, -0.05) is 11.6 Å². The van der Waals surface area contributed by atoms with Crippen molar-refractivity contribution in [2.24, 2.45) is 0 Å². The molecule has 0 aliphatic carbocycles. The standard InChI is InChI=1S/C14H17ClFNO3/c1-8(17-4-2-3-13(19)14(17)20)10-5-9(16)6-12(15)11(10)7-18/h5-6,8,13,18-19H,2-4,7H2,1H3/t8-,13?/m0/s1. The van der Waals surface area contributed by atoms with Gasteiger partial charge in [0.15, 0.2) is 0 Å². The Bertz CT molecular complexity index is 523. The van der Waals surface area contributed by atoms with E-state index >= 15 is 0 Å². The minimum atomic E-state index is -1.01. The summed E-state index contributed by atoms with van der Waals surface area (Å²) < 4.78 is 13.5. The molecule has 1 aliphatic heterocycles. The molecule has 0 saturated carbocycles. The van der Waals surface area contributed by atoms with E-state index in [1.807, 2.05) is 0 Å². The van der Waals surface area contributed by atoms with E-state index in [2.05, 4.69) is 0 Å². The number of hydrogen-bond acceptors (Lipinski definition) is 3. The van der Waals surface area contributed by atoms with Crippen molar-refractivity contribution in [3.8, 4) is 0 Å². The molecule has 6 heteroatoms. The Balaban J connectivity index is 2.37. The van der Waals surface area contributed by atoms with E-state index < -0.39 is 18.0 Å². The fourth-order valence-corrected chi connectivity index (χ4v) is 2.87. The van der Waals surface area contributed by atoms with Gasteiger partial charge in [-0.15, -0.1) is 0 Å². The number of nitrogens with zero attached hydrogens (tertiary/aromatic N) is 1. The SMILES string of the molecule is C[C@@H](c1cc(F)cc(Cl)c1CO)N1CCCC(O)C1=O. The van der Waals surface area contributed by atoms with Crippen LogP contribution in [-0.4, -0.2) is 33.7 Å². The van der Waals surface area contributed by atoms with Gasteiger partial charge in [0, 0.05) is 17.1 Å². The highest BCUT2D eigenvalue weighted by molar-refractivity contribution is 6.31. The minimum absolute atomic E-state index is 0.138. The average Bonchev–Trinajstić information content (AvgIpc) is 2.40. The van der Waals surface area contributed by atoms with E-state index in [9.17, 15) is 19.4 Å². The Morgan fingerprint density at radius 3 is 2.90 bits per heavy atom. The number of carbonyl (C=O) groups excluding carboxylic acids is 1. The first-order valence-electron chi connectivity index (χ1n) is 6.53. The van der Waals surface area contributed by atoms with Gasteiger partial charge in [-0.3, -0.25) is 4.79 Å². The Morgan fingerprint density at radius 1 is 1.55 bits per heavy atom. The van der Waals surface area contributed by atoms with E-state index in [0.717, 1.165) is 6.07 Å². The van der Waals surface area contributed by atoms with Crippen molar-refractivity contribution >= 4 is 17.5 Å². The highest BCUT2D eigenvalue weighted by atomic mass is 35.5. The lowest BCUT2D eigenvalue weighted by atomic mass is 9.97. The molecule has 2 rings (SSSR count). The Labute approximate surface area is 121 Å². The fraction of sp³-hybridized carbons (Fsp3) is 0.500. The number of amides is 1. The van der Waals surface area contributed by atoms with Crippen LogP contribution >= 0.6 is 11.6 Å². The van der Waals surface area contributed by atoms with Gasteiger partial charge in [-0.25, -0.2) is 4.39 Å². The summed E-state index contributed by atoms with van der Waals surface area (Å²) >= 11 is 5.93. The van der Waals surface area contributed by atoms with Crippen LogP contribution in [0, 0.1) is 5.82 Å². The van der Waals surface area contributed by atoms with E-state index in [-0.39, 0.29) is 17.5 Å². The molecular weight excluding hydrogens is 285 g/mol. The van der Waals surface area contributed by atoms with Crippen LogP contribution in [0.1, 0.15) is 36.9 Å². The largest absolute Gasteiger partial charge is 0.392 e. The number of aliphatic hydroxyl groups is 2. The van der Waals surface area contributed by atoms with Crippen molar-refractivity contribution in [2.45, 2.75) is 38.5 Å². The van der Waals surface area contributed by atoms with E-state index in [0.29, 0.717) is 30.5 Å². The Morgan fingerprint density at radius 2 is 2.25 bits per heavy atom. The van der Waals surface area contributed by atoms with Crippen LogP contribution in [0.5, 0.6) is 0 Å². The van der Waals surface area contributed by atoms with Crippen molar-refractivity contribution in [1.29, 1.82) is 0 Å². The predicted molar refractivity (Wildman–Crippen MR) is 72.7 cm³/mol. The first-order valence-corrected chi connectivity index (χ1v) is 6.90. The topological polar surface area (TPSA) is 60.8 Å². The van der Waals surface area contributed by atoms with Crippen molar-refractivity contribution in [3.05, 3.63) is 34.1 Å². The molecule has 1 amide bonds. The summed E-state index contributed by atoms with van der Waals surface area (Å²) in [6.45, 7) is 1.90. The monoisotopic (exact) mass is 301 g/mol. The fourth-order valence-electron chi connectivity index (χ4n) is 2.60. The van der Waals surface area contributed by atoms with Crippen LogP contribution in [0.25, 0.3) is 0 Å². The summed E-state index contributed by atoms with van der Waals surface area (Å²) in [6, 6.07) is 1.96. The quantitative estimate of drug-likeness (QED) is 0.898. The zero-order valence-corrected chi connectivity index (χ0v) is 11.9. The molecule has 4 nitrogen and oxygen atoms in total. The summed E-state index contributed by atoms with van der Waals surface area (Å²) in [6.07, 6.45) is 0.126. The van der Waals surface area contributed by atoms with Gasteiger partial charge in [-0.2, -0.15) is 0 Å². The maximum atomic E-state index is 13.5. The summed E-state index contributed by atoms with van der Waals surface area (Å²) in [5.41, 5.74) is 0.883. The zero-order chi connectivity index (χ0) is 14.9. The first kappa shape index (κ1) is 15.2. The molecule has 1 aromatic carbocycles. The number of hydrogen-bond donors (Lipinski definition) is 2. The molecular formula is C14H17ClFNO3. The number of carbonyl (C=O) groups is 1. The number of benzene rings is 1. The first-order chi connectivity index (χ1) is 9.45. The zero-order valence-electron chi connectivity index (χ0n) is 11.1. The molecule has 1 unspecified atom stereocenters. The van der Waals surface area contributed by atoms with Crippen LogP contribution < -0.4 is 0 Å². The average molecular weight is 302 g/mol. The van der Waals surface area contributed by atoms with Crippen LogP contribution in [0.15, 0.2) is 12.1 Å². The molecule has 1 saturated heterocycles. The van der Waals surface area contributed by atoms with Gasteiger partial charge < -0.3 is 15.1 Å². The second-order valence-corrected chi connectivity index (χ2v) is 5.39. The third-order valence-corrected chi connectivity index (χ3v) is 4.05. The van der Waals surface area contributed by atoms with Crippen molar-refractivity contribution in [1.82, 2.24) is 4.90 Å². The summed E-state index contributed by atoms with van der Waals surface area (Å²) in [5, 5.41) is 19.2. The highest BCUT2D eigenvalue weighted by Crippen LogP contribution is 2.32. The lowest BCUT2D eigenvalue weighted by molar-refractivity contribution is -0.146. The van der Waals surface area contributed by atoms with Gasteiger partial charge in [0.1, 0.15) is 11.9 Å². The van der Waals surface area contributed by atoms with Gasteiger partial charge in [0.2, 0.25) is 0 Å². The number of likely N-dealkylation sites (tertiary alicyclic amines) is 1. The van der Waals surface area contributed by atoms with Crippen LogP contribution in [0.2, 0.25) is 5.02 Å². The smallest absolute Gasteiger partial charge is 0.251 e. The maximum absolute atomic E-state index is 13.5. The molecule has 1 aliphatic rings. The minimum Gasteiger partial charge on any atom is -0.392 e. The van der Waals surface area contributed by atoms with Gasteiger partial charge in [0.05, 0.1) is 12.6 Å². The molecule has 1 aromatic rings. The molecule has 0 aromatic heterocycles. The van der Waals surface area contributed by atoms with Crippen LogP contribution in [0.4, 0.5) is 4.39 Å². The number of rotatable bonds is 3. The van der Waals surface area contributed by atoms with Crippen molar-refractivity contribution < 1.29 is 19.4 Å². The van der Waals surface area contributed by atoms with E-state index in [1.54, 1.807) is 6.92 Å². The van der Waals surface area contributed by atoms with Crippen molar-refractivity contribution in [3.63, 3.8) is 0 Å². The predicted octanol–water partition coefficient (Wildman–Crippen LogP) is 2.02. The third-order valence-electron chi connectivity index (χ3n) is 3.72. The molecule has 0 bridgehead atoms. The molecule has 110 valence electrons. The maximum Gasteiger partial charge on any atom is 0.251 e. The highest BCUT2D eigenvalue weighted by Gasteiger charge is 2.31. The van der Waals surface area contributed by atoms with E-state index in [4.69, 9.17) is 11.6 Å².